The van der Waals surface area contributed by atoms with Gasteiger partial charge in [0.2, 0.25) is 5.91 Å². The third-order valence-electron chi connectivity index (χ3n) is 6.75. The van der Waals surface area contributed by atoms with Crippen LogP contribution in [0.3, 0.4) is 0 Å². The van der Waals surface area contributed by atoms with E-state index < -0.39 is 12.4 Å². The molecule has 222 valence electrons. The first-order valence-electron chi connectivity index (χ1n) is 13.2. The third-order valence-corrected chi connectivity index (χ3v) is 7.67. The summed E-state index contributed by atoms with van der Waals surface area (Å²) in [6.07, 6.45) is -3.29. The van der Waals surface area contributed by atoms with Gasteiger partial charge in [-0.25, -0.2) is 14.5 Å². The molecule has 5 rings (SSSR count). The van der Waals surface area contributed by atoms with Crippen LogP contribution in [0.1, 0.15) is 29.5 Å². The molecule has 1 atom stereocenters. The van der Waals surface area contributed by atoms with Gasteiger partial charge in [0.05, 0.1) is 17.1 Å². The van der Waals surface area contributed by atoms with Gasteiger partial charge in [0.15, 0.2) is 11.0 Å². The Balaban J connectivity index is 1.20. The zero-order chi connectivity index (χ0) is 30.7. The van der Waals surface area contributed by atoms with Crippen LogP contribution in [0.5, 0.6) is 5.75 Å². The van der Waals surface area contributed by atoms with E-state index in [0.717, 1.165) is 27.9 Å². The molecule has 0 aliphatic carbocycles. The predicted octanol–water partition coefficient (Wildman–Crippen LogP) is 6.40. The zero-order valence-corrected chi connectivity index (χ0v) is 24.2. The molecule has 1 aromatic heterocycles. The molecule has 1 unspecified atom stereocenters. The lowest BCUT2D eigenvalue weighted by atomic mass is 10.00. The van der Waals surface area contributed by atoms with Crippen molar-refractivity contribution in [2.75, 3.05) is 17.2 Å². The van der Waals surface area contributed by atoms with E-state index in [-0.39, 0.29) is 23.3 Å². The summed E-state index contributed by atoms with van der Waals surface area (Å²) in [5, 5.41) is 7.61. The van der Waals surface area contributed by atoms with Crippen molar-refractivity contribution in [1.82, 2.24) is 20.1 Å². The van der Waals surface area contributed by atoms with Gasteiger partial charge in [0.25, 0.3) is 0 Å². The SMILES string of the molecule is Cc1cccc(C)c1N1C(=O)CS/C1=N\C(=O)NCC(C)c1ccc(-c2ncn(-c3ccc(OC(F)(F)F)cc3)n2)cc1. The Hall–Kier alpha value is -4.65. The molecule has 3 amide bonds. The van der Waals surface area contributed by atoms with Crippen LogP contribution in [-0.2, 0) is 4.79 Å². The highest BCUT2D eigenvalue weighted by molar-refractivity contribution is 8.15. The van der Waals surface area contributed by atoms with Crippen molar-refractivity contribution in [2.24, 2.45) is 4.99 Å². The maximum Gasteiger partial charge on any atom is 0.573 e. The molecule has 13 heteroatoms. The molecule has 4 aromatic rings. The Morgan fingerprint density at radius 3 is 2.40 bits per heavy atom. The average molecular weight is 609 g/mol. The predicted molar refractivity (Wildman–Crippen MR) is 159 cm³/mol. The number of hydrogen-bond acceptors (Lipinski definition) is 6. The molecule has 43 heavy (non-hydrogen) atoms. The highest BCUT2D eigenvalue weighted by Gasteiger charge is 2.32. The molecule has 1 fully saturated rings. The summed E-state index contributed by atoms with van der Waals surface area (Å²) < 4.78 is 42.6. The first-order valence-corrected chi connectivity index (χ1v) is 14.2. The number of ether oxygens (including phenoxy) is 1. The van der Waals surface area contributed by atoms with Gasteiger partial charge in [0, 0.05) is 12.1 Å². The minimum atomic E-state index is -4.76. The minimum Gasteiger partial charge on any atom is -0.406 e. The number of aromatic nitrogens is 3. The van der Waals surface area contributed by atoms with Crippen LogP contribution in [0, 0.1) is 13.8 Å². The number of aliphatic imine (C=N–C) groups is 1. The maximum atomic E-state index is 12.7. The fourth-order valence-electron chi connectivity index (χ4n) is 4.59. The molecule has 0 spiro atoms. The molecule has 1 aliphatic rings. The van der Waals surface area contributed by atoms with Crippen LogP contribution in [0.2, 0.25) is 0 Å². The summed E-state index contributed by atoms with van der Waals surface area (Å²) in [5.41, 5.74) is 4.85. The second-order valence-electron chi connectivity index (χ2n) is 9.92. The fourth-order valence-corrected chi connectivity index (χ4v) is 5.44. The number of nitrogens with zero attached hydrogens (tertiary/aromatic N) is 5. The van der Waals surface area contributed by atoms with Gasteiger partial charge in [0.1, 0.15) is 12.1 Å². The largest absolute Gasteiger partial charge is 0.573 e. The number of para-hydroxylation sites is 1. The van der Waals surface area contributed by atoms with Gasteiger partial charge in [-0.2, -0.15) is 4.99 Å². The van der Waals surface area contributed by atoms with Crippen molar-refractivity contribution in [3.05, 3.63) is 89.7 Å². The number of urea groups is 1. The lowest BCUT2D eigenvalue weighted by molar-refractivity contribution is -0.274. The van der Waals surface area contributed by atoms with Gasteiger partial charge < -0.3 is 10.1 Å². The summed E-state index contributed by atoms with van der Waals surface area (Å²) in [5.74, 6) is 0.190. The summed E-state index contributed by atoms with van der Waals surface area (Å²) in [6, 6.07) is 18.1. The van der Waals surface area contributed by atoms with Crippen molar-refractivity contribution < 1.29 is 27.5 Å². The van der Waals surface area contributed by atoms with Crippen LogP contribution >= 0.6 is 11.8 Å². The van der Waals surface area contributed by atoms with Crippen LogP contribution in [-0.4, -0.2) is 50.5 Å². The van der Waals surface area contributed by atoms with E-state index in [4.69, 9.17) is 0 Å². The first kappa shape index (κ1) is 29.8. The Kier molecular flexibility index (Phi) is 8.53. The molecule has 0 saturated carbocycles. The number of halogens is 3. The lowest BCUT2D eigenvalue weighted by Gasteiger charge is -2.20. The number of amides is 3. The van der Waals surface area contributed by atoms with Crippen molar-refractivity contribution in [3.63, 3.8) is 0 Å². The van der Waals surface area contributed by atoms with Gasteiger partial charge in [-0.1, -0.05) is 61.2 Å². The van der Waals surface area contributed by atoms with Crippen molar-refractivity contribution in [2.45, 2.75) is 33.1 Å². The lowest BCUT2D eigenvalue weighted by Crippen LogP contribution is -2.33. The molecule has 1 saturated heterocycles. The molecule has 3 aromatic carbocycles. The van der Waals surface area contributed by atoms with E-state index in [0.29, 0.717) is 23.2 Å². The van der Waals surface area contributed by atoms with E-state index in [1.807, 2.05) is 63.2 Å². The fraction of sp³-hybridized carbons (Fsp3) is 0.233. The molecule has 1 aliphatic heterocycles. The minimum absolute atomic E-state index is 0.0336. The number of anilines is 1. The zero-order valence-electron chi connectivity index (χ0n) is 23.4. The topological polar surface area (TPSA) is 102 Å². The van der Waals surface area contributed by atoms with E-state index in [1.54, 1.807) is 0 Å². The molecular formula is C30H27F3N6O3S. The highest BCUT2D eigenvalue weighted by Crippen LogP contribution is 2.32. The molecule has 2 heterocycles. The number of carbonyl (C=O) groups is 2. The monoisotopic (exact) mass is 608 g/mol. The smallest absolute Gasteiger partial charge is 0.406 e. The van der Waals surface area contributed by atoms with Crippen LogP contribution < -0.4 is 15.0 Å². The molecule has 9 nitrogen and oxygen atoms in total. The second-order valence-corrected chi connectivity index (χ2v) is 10.9. The number of amidine groups is 1. The average Bonchev–Trinajstić information content (AvgIpc) is 3.59. The number of carbonyl (C=O) groups excluding carboxylic acids is 2. The van der Waals surface area contributed by atoms with E-state index >= 15 is 0 Å². The molecule has 0 radical (unpaired) electrons. The quantitative estimate of drug-likeness (QED) is 0.261. The maximum absolute atomic E-state index is 12.7. The molecular weight excluding hydrogens is 581 g/mol. The van der Waals surface area contributed by atoms with Gasteiger partial charge in [-0.15, -0.1) is 18.3 Å². The number of aryl methyl sites for hydroxylation is 2. The molecule has 1 N–H and O–H groups in total. The van der Waals surface area contributed by atoms with Crippen molar-refractivity contribution >= 4 is 34.6 Å². The Bertz CT molecular complexity index is 1650. The number of alkyl halides is 3. The van der Waals surface area contributed by atoms with Gasteiger partial charge >= 0.3 is 12.4 Å². The van der Waals surface area contributed by atoms with Crippen molar-refractivity contribution in [1.29, 1.82) is 0 Å². The summed E-state index contributed by atoms with van der Waals surface area (Å²) in [6.45, 7) is 6.14. The summed E-state index contributed by atoms with van der Waals surface area (Å²) in [7, 11) is 0. The number of thioether (sulfide) groups is 1. The Labute approximate surface area is 249 Å². The second kappa shape index (κ2) is 12.3. The number of rotatable bonds is 7. The highest BCUT2D eigenvalue weighted by atomic mass is 32.2. The standard InChI is InChI=1S/C30H27F3N6O3S/c1-18-5-4-6-19(2)26(18)39-25(40)16-43-29(39)36-28(41)34-15-20(3)21-7-9-22(10-8-21)27-35-17-38(37-27)23-11-13-24(14-12-23)42-30(31,32)33/h4-14,17,20H,15-16H2,1-3H3,(H,34,41)/b36-29-. The van der Waals surface area contributed by atoms with Crippen LogP contribution in [0.15, 0.2) is 78.0 Å². The third kappa shape index (κ3) is 7.05. The van der Waals surface area contributed by atoms with E-state index in [9.17, 15) is 22.8 Å². The van der Waals surface area contributed by atoms with Gasteiger partial charge in [-0.3, -0.25) is 9.69 Å². The van der Waals surface area contributed by atoms with Gasteiger partial charge in [-0.05, 0) is 60.7 Å². The number of nitrogens with one attached hydrogen (secondary N) is 1. The Morgan fingerprint density at radius 1 is 1.07 bits per heavy atom. The van der Waals surface area contributed by atoms with Crippen LogP contribution in [0.25, 0.3) is 17.1 Å². The van der Waals surface area contributed by atoms with E-state index in [1.165, 1.54) is 51.9 Å². The van der Waals surface area contributed by atoms with E-state index in [2.05, 4.69) is 25.1 Å². The van der Waals surface area contributed by atoms with Crippen LogP contribution in [0.4, 0.5) is 23.7 Å². The Morgan fingerprint density at radius 2 is 1.74 bits per heavy atom. The summed E-state index contributed by atoms with van der Waals surface area (Å²) >= 11 is 1.24. The summed E-state index contributed by atoms with van der Waals surface area (Å²) in [4.78, 5) is 35.3. The van der Waals surface area contributed by atoms with Crippen molar-refractivity contribution in [3.8, 4) is 22.8 Å². The number of benzene rings is 3. The number of hydrogen-bond donors (Lipinski definition) is 1. The first-order chi connectivity index (χ1) is 20.5. The molecule has 0 bridgehead atoms. The normalized spacial score (nSPS) is 15.2.